The van der Waals surface area contributed by atoms with Crippen LogP contribution in [0, 0.1) is 0 Å². The van der Waals surface area contributed by atoms with E-state index in [0.717, 1.165) is 0 Å². The van der Waals surface area contributed by atoms with Crippen molar-refractivity contribution in [3.8, 4) is 0 Å². The monoisotopic (exact) mass is 340 g/mol. The van der Waals surface area contributed by atoms with Gasteiger partial charge in [-0.1, -0.05) is 0 Å². The van der Waals surface area contributed by atoms with Gasteiger partial charge in [-0.25, -0.2) is 9.97 Å². The van der Waals surface area contributed by atoms with E-state index in [1.165, 1.54) is 21.8 Å². The Morgan fingerprint density at radius 1 is 1.33 bits per heavy atom. The Kier molecular flexibility index (Phi) is 4.92. The summed E-state index contributed by atoms with van der Waals surface area (Å²) in [5, 5.41) is 20.0. The first-order chi connectivity index (χ1) is 11.6. The van der Waals surface area contributed by atoms with Crippen molar-refractivity contribution in [2.24, 2.45) is 7.05 Å². The van der Waals surface area contributed by atoms with E-state index < -0.39 is 24.5 Å². The van der Waals surface area contributed by atoms with Crippen molar-refractivity contribution >= 4 is 11.2 Å². The molecule has 1 saturated heterocycles. The number of aromatic nitrogens is 4. The molecule has 0 saturated carbocycles. The van der Waals surface area contributed by atoms with Gasteiger partial charge in [-0.05, 0) is 0 Å². The highest BCUT2D eigenvalue weighted by Crippen LogP contribution is 2.32. The van der Waals surface area contributed by atoms with Crippen molar-refractivity contribution in [2.75, 3.05) is 26.9 Å². The Labute approximate surface area is 137 Å². The van der Waals surface area contributed by atoms with E-state index in [1.807, 2.05) is 0 Å². The molecule has 0 radical (unpaired) electrons. The molecule has 2 aromatic heterocycles. The third-order valence-electron chi connectivity index (χ3n) is 4.01. The lowest BCUT2D eigenvalue weighted by atomic mass is 10.1. The van der Waals surface area contributed by atoms with Gasteiger partial charge in [0, 0.05) is 14.2 Å². The molecule has 3 heterocycles. The minimum atomic E-state index is -1.05. The Morgan fingerprint density at radius 2 is 2.12 bits per heavy atom. The van der Waals surface area contributed by atoms with E-state index in [-0.39, 0.29) is 24.3 Å². The fourth-order valence-corrected chi connectivity index (χ4v) is 2.75. The van der Waals surface area contributed by atoms with Gasteiger partial charge in [0.2, 0.25) is 0 Å². The maximum atomic E-state index is 12.1. The van der Waals surface area contributed by atoms with Crippen LogP contribution in [0.2, 0.25) is 0 Å². The van der Waals surface area contributed by atoms with Crippen LogP contribution < -0.4 is 5.56 Å². The van der Waals surface area contributed by atoms with Gasteiger partial charge in [0.15, 0.2) is 17.4 Å². The lowest BCUT2D eigenvalue weighted by Gasteiger charge is -2.19. The fraction of sp³-hybridized carbons (Fsp3) is 0.643. The summed E-state index contributed by atoms with van der Waals surface area (Å²) in [5.41, 5.74) is 0.189. The zero-order valence-corrected chi connectivity index (χ0v) is 13.4. The molecule has 10 nitrogen and oxygen atoms in total. The first-order valence-electron chi connectivity index (χ1n) is 7.51. The number of nitrogens with zero attached hydrogens (tertiary/aromatic N) is 4. The SMILES string of the molecule is COCCO[C@@H]1C(O)[C@H](n2cnc3c(=O)n(C)cnc32)O[C@@H]1CO. The van der Waals surface area contributed by atoms with Crippen LogP contribution in [0.4, 0.5) is 0 Å². The van der Waals surface area contributed by atoms with Crippen molar-refractivity contribution in [1.29, 1.82) is 0 Å². The largest absolute Gasteiger partial charge is 0.394 e. The third-order valence-corrected chi connectivity index (χ3v) is 4.01. The van der Waals surface area contributed by atoms with Crippen LogP contribution >= 0.6 is 0 Å². The molecule has 0 amide bonds. The molecule has 3 rings (SSSR count). The molecule has 1 aliphatic rings. The van der Waals surface area contributed by atoms with Crippen LogP contribution in [-0.4, -0.2) is 74.6 Å². The molecule has 0 spiro atoms. The van der Waals surface area contributed by atoms with Gasteiger partial charge in [-0.3, -0.25) is 9.36 Å². The predicted octanol–water partition coefficient (Wildman–Crippen LogP) is -1.59. The summed E-state index contributed by atoms with van der Waals surface area (Å²) in [6.45, 7) is 0.305. The zero-order valence-electron chi connectivity index (χ0n) is 13.4. The van der Waals surface area contributed by atoms with Gasteiger partial charge in [-0.2, -0.15) is 0 Å². The van der Waals surface area contributed by atoms with Gasteiger partial charge >= 0.3 is 0 Å². The summed E-state index contributed by atoms with van der Waals surface area (Å²) in [4.78, 5) is 20.3. The smallest absolute Gasteiger partial charge is 0.281 e. The second-order valence-electron chi connectivity index (χ2n) is 5.55. The molecule has 2 N–H and O–H groups in total. The van der Waals surface area contributed by atoms with Crippen LogP contribution in [-0.2, 0) is 21.3 Å². The Morgan fingerprint density at radius 3 is 2.83 bits per heavy atom. The highest BCUT2D eigenvalue weighted by molar-refractivity contribution is 5.69. The van der Waals surface area contributed by atoms with E-state index in [0.29, 0.717) is 12.3 Å². The minimum absolute atomic E-state index is 0.181. The molecule has 4 atom stereocenters. The highest BCUT2D eigenvalue weighted by atomic mass is 16.6. The van der Waals surface area contributed by atoms with Gasteiger partial charge in [-0.15, -0.1) is 0 Å². The summed E-state index contributed by atoms with van der Waals surface area (Å²) in [6.07, 6.45) is -0.578. The maximum Gasteiger partial charge on any atom is 0.281 e. The molecule has 1 fully saturated rings. The molecule has 10 heteroatoms. The van der Waals surface area contributed by atoms with Gasteiger partial charge in [0.1, 0.15) is 18.3 Å². The molecule has 132 valence electrons. The lowest BCUT2D eigenvalue weighted by Crippen LogP contribution is -2.37. The summed E-state index contributed by atoms with van der Waals surface area (Å²) in [6, 6.07) is 0. The molecule has 0 aromatic carbocycles. The molecule has 1 unspecified atom stereocenters. The van der Waals surface area contributed by atoms with E-state index in [1.54, 1.807) is 14.2 Å². The summed E-state index contributed by atoms with van der Waals surface area (Å²) < 4.78 is 19.0. The quantitative estimate of drug-likeness (QED) is 0.604. The Bertz CT molecular complexity index is 759. The van der Waals surface area contributed by atoms with Crippen LogP contribution in [0.1, 0.15) is 6.23 Å². The van der Waals surface area contributed by atoms with E-state index >= 15 is 0 Å². The molecular weight excluding hydrogens is 320 g/mol. The second-order valence-corrected chi connectivity index (χ2v) is 5.55. The van der Waals surface area contributed by atoms with Crippen molar-refractivity contribution in [3.63, 3.8) is 0 Å². The van der Waals surface area contributed by atoms with E-state index in [4.69, 9.17) is 14.2 Å². The minimum Gasteiger partial charge on any atom is -0.394 e. The van der Waals surface area contributed by atoms with Crippen LogP contribution in [0.5, 0.6) is 0 Å². The second kappa shape index (κ2) is 6.95. The number of fused-ring (bicyclic) bond motifs is 1. The summed E-state index contributed by atoms with van der Waals surface area (Å²) in [7, 11) is 3.12. The number of ether oxygens (including phenoxy) is 3. The van der Waals surface area contributed by atoms with Gasteiger partial charge in [0.05, 0.1) is 32.5 Å². The summed E-state index contributed by atoms with van der Waals surface area (Å²) >= 11 is 0. The predicted molar refractivity (Wildman–Crippen MR) is 81.4 cm³/mol. The lowest BCUT2D eigenvalue weighted by molar-refractivity contribution is -0.0678. The van der Waals surface area contributed by atoms with Gasteiger partial charge in [0.25, 0.3) is 5.56 Å². The third kappa shape index (κ3) is 2.82. The first-order valence-corrected chi connectivity index (χ1v) is 7.51. The molecule has 0 aliphatic carbocycles. The topological polar surface area (TPSA) is 121 Å². The van der Waals surface area contributed by atoms with E-state index in [9.17, 15) is 15.0 Å². The maximum absolute atomic E-state index is 12.1. The molecule has 24 heavy (non-hydrogen) atoms. The number of imidazole rings is 1. The number of hydrogen-bond acceptors (Lipinski definition) is 8. The van der Waals surface area contributed by atoms with Crippen LogP contribution in [0.3, 0.4) is 0 Å². The number of methoxy groups -OCH3 is 1. The number of aryl methyl sites for hydroxylation is 1. The average Bonchev–Trinajstić information content (AvgIpc) is 3.13. The number of rotatable bonds is 6. The van der Waals surface area contributed by atoms with Crippen LogP contribution in [0.15, 0.2) is 17.4 Å². The van der Waals surface area contributed by atoms with Crippen molar-refractivity contribution in [1.82, 2.24) is 19.1 Å². The van der Waals surface area contributed by atoms with Crippen molar-refractivity contribution in [3.05, 3.63) is 23.0 Å². The summed E-state index contributed by atoms with van der Waals surface area (Å²) in [5.74, 6) is 0. The van der Waals surface area contributed by atoms with Gasteiger partial charge < -0.3 is 29.0 Å². The highest BCUT2D eigenvalue weighted by Gasteiger charge is 2.45. The first kappa shape index (κ1) is 17.0. The molecule has 1 aliphatic heterocycles. The Balaban J connectivity index is 1.90. The average molecular weight is 340 g/mol. The molecule has 2 aromatic rings. The fourth-order valence-electron chi connectivity index (χ4n) is 2.75. The number of hydrogen-bond donors (Lipinski definition) is 2. The molecular formula is C14H20N4O6. The standard InChI is InChI=1S/C14H20N4O6/c1-17-6-16-12-9(13(17)21)15-7-18(12)14-10(20)11(8(5-19)24-14)23-4-3-22-2/h6-8,10-11,14,19-20H,3-5H2,1-2H3/t8-,10?,11+,14-/m1/s1. The Hall–Kier alpha value is -1.85. The number of aliphatic hydroxyl groups excluding tert-OH is 2. The number of aliphatic hydroxyl groups is 2. The van der Waals surface area contributed by atoms with E-state index in [2.05, 4.69) is 9.97 Å². The van der Waals surface area contributed by atoms with Crippen LogP contribution in [0.25, 0.3) is 11.2 Å². The normalized spacial score (nSPS) is 27.2. The molecule has 0 bridgehead atoms. The van der Waals surface area contributed by atoms with Crippen molar-refractivity contribution < 1.29 is 24.4 Å². The van der Waals surface area contributed by atoms with Crippen molar-refractivity contribution in [2.45, 2.75) is 24.5 Å². The zero-order chi connectivity index (χ0) is 17.3.